The molecule has 7 nitrogen and oxygen atoms in total. The molecule has 1 aromatic carbocycles. The van der Waals surface area contributed by atoms with Gasteiger partial charge in [-0.25, -0.2) is 4.79 Å². The molecule has 24 heavy (non-hydrogen) atoms. The van der Waals surface area contributed by atoms with Crippen molar-refractivity contribution in [2.45, 2.75) is 19.9 Å². The van der Waals surface area contributed by atoms with E-state index in [0.717, 1.165) is 11.3 Å². The molecular weight excluding hydrogens is 306 g/mol. The minimum absolute atomic E-state index is 0.0498. The van der Waals surface area contributed by atoms with Crippen molar-refractivity contribution in [1.29, 1.82) is 0 Å². The molecule has 0 amide bonds. The van der Waals surface area contributed by atoms with E-state index in [4.69, 9.17) is 4.74 Å². The van der Waals surface area contributed by atoms with E-state index >= 15 is 0 Å². The lowest BCUT2D eigenvalue weighted by atomic mass is 10.0. The molecular formula is C17H19N5O2. The average molecular weight is 325 g/mol. The van der Waals surface area contributed by atoms with E-state index in [1.807, 2.05) is 50.2 Å². The Kier molecular flexibility index (Phi) is 4.41. The number of hydrogen-bond donors (Lipinski definition) is 1. The third-order valence-corrected chi connectivity index (χ3v) is 3.77. The standard InChI is InChI=1S/C17H19N5O2/c1-11(2)15(17(23)24-3)19-14-9-13(12-7-5-4-6-8-12)21-22-10-18-20-16(14)22/h4-11,15,19H,1-3H3/t15-/m0/s1. The normalized spacial score (nSPS) is 12.3. The number of benzene rings is 1. The van der Waals surface area contributed by atoms with Gasteiger partial charge in [0.05, 0.1) is 18.5 Å². The Morgan fingerprint density at radius 3 is 2.67 bits per heavy atom. The highest BCUT2D eigenvalue weighted by Crippen LogP contribution is 2.24. The van der Waals surface area contributed by atoms with Crippen LogP contribution in [0, 0.1) is 5.92 Å². The Hall–Kier alpha value is -2.96. The summed E-state index contributed by atoms with van der Waals surface area (Å²) in [6.45, 7) is 3.91. The minimum atomic E-state index is -0.485. The maximum atomic E-state index is 12.0. The average Bonchev–Trinajstić information content (AvgIpc) is 3.08. The van der Waals surface area contributed by atoms with Crippen molar-refractivity contribution < 1.29 is 9.53 Å². The first-order chi connectivity index (χ1) is 11.6. The highest BCUT2D eigenvalue weighted by molar-refractivity contribution is 5.83. The SMILES string of the molecule is COC(=O)[C@@H](Nc1cc(-c2ccccc2)nn2cnnc12)C(C)C. The summed E-state index contributed by atoms with van der Waals surface area (Å²) in [5, 5.41) is 15.7. The highest BCUT2D eigenvalue weighted by atomic mass is 16.5. The lowest BCUT2D eigenvalue weighted by Gasteiger charge is -2.21. The van der Waals surface area contributed by atoms with Crippen molar-refractivity contribution in [2.75, 3.05) is 12.4 Å². The van der Waals surface area contributed by atoms with E-state index < -0.39 is 6.04 Å². The van der Waals surface area contributed by atoms with E-state index in [1.54, 1.807) is 4.52 Å². The third-order valence-electron chi connectivity index (χ3n) is 3.77. The zero-order chi connectivity index (χ0) is 17.1. The Morgan fingerprint density at radius 2 is 2.00 bits per heavy atom. The van der Waals surface area contributed by atoms with Crippen LogP contribution in [0.5, 0.6) is 0 Å². The molecule has 0 aliphatic carbocycles. The molecule has 0 fully saturated rings. The molecule has 0 saturated heterocycles. The van der Waals surface area contributed by atoms with Crippen molar-refractivity contribution in [2.24, 2.45) is 5.92 Å². The van der Waals surface area contributed by atoms with Gasteiger partial charge in [0.15, 0.2) is 0 Å². The van der Waals surface area contributed by atoms with Gasteiger partial charge in [-0.05, 0) is 12.0 Å². The summed E-state index contributed by atoms with van der Waals surface area (Å²) in [6, 6.07) is 11.2. The summed E-state index contributed by atoms with van der Waals surface area (Å²) in [4.78, 5) is 12.0. The topological polar surface area (TPSA) is 81.4 Å². The van der Waals surface area contributed by atoms with Crippen molar-refractivity contribution in [1.82, 2.24) is 19.8 Å². The monoisotopic (exact) mass is 325 g/mol. The third kappa shape index (κ3) is 3.05. The largest absolute Gasteiger partial charge is 0.467 e. The van der Waals surface area contributed by atoms with Crippen LogP contribution >= 0.6 is 0 Å². The smallest absolute Gasteiger partial charge is 0.328 e. The second kappa shape index (κ2) is 6.66. The van der Waals surface area contributed by atoms with E-state index in [2.05, 4.69) is 20.6 Å². The minimum Gasteiger partial charge on any atom is -0.467 e. The molecule has 0 unspecified atom stereocenters. The molecule has 0 saturated carbocycles. The van der Waals surface area contributed by atoms with Crippen LogP contribution in [0.15, 0.2) is 42.7 Å². The second-order valence-electron chi connectivity index (χ2n) is 5.80. The maximum Gasteiger partial charge on any atom is 0.328 e. The van der Waals surface area contributed by atoms with Gasteiger partial charge in [-0.1, -0.05) is 44.2 Å². The number of ether oxygens (including phenoxy) is 1. The summed E-state index contributed by atoms with van der Waals surface area (Å²) >= 11 is 0. The van der Waals surface area contributed by atoms with E-state index in [-0.39, 0.29) is 11.9 Å². The van der Waals surface area contributed by atoms with E-state index in [9.17, 15) is 4.79 Å². The van der Waals surface area contributed by atoms with Gasteiger partial charge in [-0.15, -0.1) is 10.2 Å². The Balaban J connectivity index is 2.06. The lowest BCUT2D eigenvalue weighted by molar-refractivity contribution is -0.142. The highest BCUT2D eigenvalue weighted by Gasteiger charge is 2.24. The molecule has 2 aromatic heterocycles. The molecule has 7 heteroatoms. The summed E-state index contributed by atoms with van der Waals surface area (Å²) in [5.74, 6) is -0.269. The number of fused-ring (bicyclic) bond motifs is 1. The van der Waals surface area contributed by atoms with Gasteiger partial charge in [-0.3, -0.25) is 0 Å². The Labute approximate surface area is 139 Å². The fourth-order valence-corrected chi connectivity index (χ4v) is 2.48. The molecule has 3 aromatic rings. The molecule has 124 valence electrons. The van der Waals surface area contributed by atoms with Gasteiger partial charge in [-0.2, -0.15) is 9.61 Å². The van der Waals surface area contributed by atoms with Crippen LogP contribution in [0.4, 0.5) is 5.69 Å². The molecule has 1 N–H and O–H groups in total. The van der Waals surface area contributed by atoms with Crippen LogP contribution in [0.3, 0.4) is 0 Å². The van der Waals surface area contributed by atoms with Crippen LogP contribution < -0.4 is 5.32 Å². The zero-order valence-corrected chi connectivity index (χ0v) is 13.8. The maximum absolute atomic E-state index is 12.0. The van der Waals surface area contributed by atoms with Crippen LogP contribution in [0.1, 0.15) is 13.8 Å². The predicted octanol–water partition coefficient (Wildman–Crippen LogP) is 2.40. The molecule has 0 bridgehead atoms. The molecule has 1 atom stereocenters. The fraction of sp³-hybridized carbons (Fsp3) is 0.294. The molecule has 3 rings (SSSR count). The number of esters is 1. The lowest BCUT2D eigenvalue weighted by Crippen LogP contribution is -2.35. The number of carbonyl (C=O) groups excluding carboxylic acids is 1. The molecule has 2 heterocycles. The van der Waals surface area contributed by atoms with Gasteiger partial charge < -0.3 is 10.1 Å². The van der Waals surface area contributed by atoms with Crippen LogP contribution in [0.25, 0.3) is 16.9 Å². The number of hydrogen-bond acceptors (Lipinski definition) is 6. The van der Waals surface area contributed by atoms with Crippen LogP contribution in [-0.2, 0) is 9.53 Å². The number of nitrogens with zero attached hydrogens (tertiary/aromatic N) is 4. The second-order valence-corrected chi connectivity index (χ2v) is 5.80. The number of nitrogens with one attached hydrogen (secondary N) is 1. The summed E-state index contributed by atoms with van der Waals surface area (Å²) in [5.41, 5.74) is 2.97. The Bertz CT molecular complexity index is 845. The quantitative estimate of drug-likeness (QED) is 0.726. The summed E-state index contributed by atoms with van der Waals surface area (Å²) in [7, 11) is 1.38. The van der Waals surface area contributed by atoms with E-state index in [0.29, 0.717) is 11.3 Å². The van der Waals surface area contributed by atoms with Crippen molar-refractivity contribution in [3.05, 3.63) is 42.7 Å². The van der Waals surface area contributed by atoms with E-state index in [1.165, 1.54) is 13.4 Å². The van der Waals surface area contributed by atoms with Crippen LogP contribution in [-0.4, -0.2) is 38.9 Å². The molecule has 0 aliphatic heterocycles. The first-order valence-electron chi connectivity index (χ1n) is 7.71. The fourth-order valence-electron chi connectivity index (χ4n) is 2.48. The van der Waals surface area contributed by atoms with Gasteiger partial charge >= 0.3 is 5.97 Å². The first-order valence-corrected chi connectivity index (χ1v) is 7.71. The molecule has 0 radical (unpaired) electrons. The van der Waals surface area contributed by atoms with Gasteiger partial charge in [0.2, 0.25) is 5.65 Å². The molecule has 0 aliphatic rings. The number of methoxy groups -OCH3 is 1. The van der Waals surface area contributed by atoms with Crippen molar-refractivity contribution >= 4 is 17.3 Å². The van der Waals surface area contributed by atoms with Crippen molar-refractivity contribution in [3.8, 4) is 11.3 Å². The summed E-state index contributed by atoms with van der Waals surface area (Å²) < 4.78 is 6.49. The van der Waals surface area contributed by atoms with Gasteiger partial charge in [0, 0.05) is 5.56 Å². The van der Waals surface area contributed by atoms with Gasteiger partial charge in [0.1, 0.15) is 12.4 Å². The number of carbonyl (C=O) groups is 1. The van der Waals surface area contributed by atoms with Crippen LogP contribution in [0.2, 0.25) is 0 Å². The van der Waals surface area contributed by atoms with Gasteiger partial charge in [0.25, 0.3) is 0 Å². The Morgan fingerprint density at radius 1 is 1.25 bits per heavy atom. The first kappa shape index (κ1) is 15.9. The molecule has 0 spiro atoms. The predicted molar refractivity (Wildman–Crippen MR) is 90.5 cm³/mol. The number of aromatic nitrogens is 4. The number of rotatable bonds is 5. The van der Waals surface area contributed by atoms with Crippen molar-refractivity contribution in [3.63, 3.8) is 0 Å². The summed E-state index contributed by atoms with van der Waals surface area (Å²) in [6.07, 6.45) is 1.54. The zero-order valence-electron chi connectivity index (χ0n) is 13.8. The number of anilines is 1.